The van der Waals surface area contributed by atoms with Crippen LogP contribution < -0.4 is 5.32 Å². The maximum Gasteiger partial charge on any atom is 0.220 e. The van der Waals surface area contributed by atoms with Crippen LogP contribution in [0.2, 0.25) is 0 Å². The van der Waals surface area contributed by atoms with Gasteiger partial charge >= 0.3 is 0 Å². The smallest absolute Gasteiger partial charge is 0.220 e. The Kier molecular flexibility index (Phi) is 38.3. The van der Waals surface area contributed by atoms with Crippen molar-refractivity contribution in [2.45, 2.75) is 221 Å². The van der Waals surface area contributed by atoms with Crippen molar-refractivity contribution in [3.8, 4) is 0 Å². The fraction of sp³-hybridized carbons (Fsp3) is 0.629. The summed E-state index contributed by atoms with van der Waals surface area (Å²) in [5.41, 5.74) is 0. The highest BCUT2D eigenvalue weighted by atomic mass is 16.8. The first-order valence-corrected chi connectivity index (χ1v) is 28.9. The molecular weight excluding hydrogens is 1050 g/mol. The largest absolute Gasteiger partial charge is 0.394 e. The molecule has 3 saturated heterocycles. The van der Waals surface area contributed by atoms with Crippen molar-refractivity contribution in [1.82, 2.24) is 5.32 Å². The van der Waals surface area contributed by atoms with Crippen LogP contribution >= 0.6 is 0 Å². The molecule has 0 saturated carbocycles. The van der Waals surface area contributed by atoms with Crippen molar-refractivity contribution >= 4 is 5.91 Å². The molecule has 3 heterocycles. The molecule has 3 rings (SSSR count). The molecule has 19 nitrogen and oxygen atoms in total. The molecule has 0 aliphatic carbocycles. The summed E-state index contributed by atoms with van der Waals surface area (Å²) in [5, 5.41) is 120. The molecule has 3 aliphatic heterocycles. The summed E-state index contributed by atoms with van der Waals surface area (Å²) in [6, 6.07) is -1.03. The standard InChI is InChI=1S/C62H97NO18/c1-3-5-7-9-11-13-14-15-16-17-18-19-20-21-22-23-24-25-26-27-28-29-30-32-34-36-38-40-50(68)63-45(46(67)39-37-35-33-31-12-10-8-6-4-2)44-76-60-56(74)53(71)58(48(42-65)78-60)81-62-57(75)54(72)59(49(43-66)79-62)80-61-55(73)52(70)51(69)47(41-64)77-61/h4-7,11-13,15-16,18-19,21-22,24-25,27-28,30-32,37,39,45-49,51-62,64-67,69-75H,3,8-10,14,17,20,23,26,29,33-36,38,40-44H2,1-2H3,(H,63,68)/b6-4+,7-5-,13-11-,16-15-,19-18-,22-21-,25-24-,28-27-,31-12+,32-30-,39-37+. The molecule has 17 atom stereocenters. The van der Waals surface area contributed by atoms with E-state index in [4.69, 9.17) is 28.4 Å². The highest BCUT2D eigenvalue weighted by Gasteiger charge is 2.53. The highest BCUT2D eigenvalue weighted by molar-refractivity contribution is 5.76. The van der Waals surface area contributed by atoms with E-state index < -0.39 is 131 Å². The van der Waals surface area contributed by atoms with Gasteiger partial charge in [0.25, 0.3) is 0 Å². The molecule has 12 N–H and O–H groups in total. The minimum absolute atomic E-state index is 0.166. The van der Waals surface area contributed by atoms with Crippen molar-refractivity contribution in [2.24, 2.45) is 0 Å². The Morgan fingerprint density at radius 1 is 0.469 bits per heavy atom. The van der Waals surface area contributed by atoms with E-state index in [2.05, 4.69) is 128 Å². The van der Waals surface area contributed by atoms with Crippen LogP contribution in [0.1, 0.15) is 117 Å². The molecule has 3 aliphatic rings. The lowest BCUT2D eigenvalue weighted by molar-refractivity contribution is -0.379. The lowest BCUT2D eigenvalue weighted by Gasteiger charge is -2.48. The third-order valence-corrected chi connectivity index (χ3v) is 13.5. The van der Waals surface area contributed by atoms with Crippen molar-refractivity contribution < 1.29 is 89.4 Å². The summed E-state index contributed by atoms with van der Waals surface area (Å²) in [7, 11) is 0. The number of allylic oxidation sites excluding steroid dienone is 21. The second-order valence-corrected chi connectivity index (χ2v) is 20.0. The Hall–Kier alpha value is -4.07. The van der Waals surface area contributed by atoms with E-state index >= 15 is 0 Å². The Bertz CT molecular complexity index is 1990. The molecule has 0 bridgehead atoms. The molecule has 3 fully saturated rings. The maximum absolute atomic E-state index is 13.3. The van der Waals surface area contributed by atoms with E-state index in [1.807, 2.05) is 13.0 Å². The van der Waals surface area contributed by atoms with Crippen molar-refractivity contribution in [3.63, 3.8) is 0 Å². The number of ether oxygens (including phenoxy) is 6. The van der Waals surface area contributed by atoms with Crippen LogP contribution in [-0.4, -0.2) is 193 Å². The van der Waals surface area contributed by atoms with Crippen LogP contribution in [0, 0.1) is 0 Å². The highest BCUT2D eigenvalue weighted by Crippen LogP contribution is 2.33. The predicted molar refractivity (Wildman–Crippen MR) is 309 cm³/mol. The summed E-state index contributed by atoms with van der Waals surface area (Å²) < 4.78 is 34.1. The molecule has 0 aromatic heterocycles. The number of carbonyl (C=O) groups is 1. The first kappa shape index (κ1) is 71.2. The van der Waals surface area contributed by atoms with Gasteiger partial charge in [0.2, 0.25) is 5.91 Å². The SMILES string of the molecule is C/C=C/CC/C=C/CC/C=C/C(O)C(COC1OC(CO)C(OC2OC(CO)C(OC3OC(CO)C(O)C(O)C3O)C(O)C2O)C(O)C1O)NC(=O)CCCC/C=C\C/C=C\C/C=C\C/C=C\C/C=C\C/C=C\C/C=C\C/C=C\CC. The number of unbranched alkanes of at least 4 members (excludes halogenated alkanes) is 4. The third-order valence-electron chi connectivity index (χ3n) is 13.5. The van der Waals surface area contributed by atoms with Gasteiger partial charge < -0.3 is 89.9 Å². The first-order valence-electron chi connectivity index (χ1n) is 28.9. The molecule has 81 heavy (non-hydrogen) atoms. The summed E-state index contributed by atoms with van der Waals surface area (Å²) in [6.45, 7) is 1.25. The third kappa shape index (κ3) is 27.5. The van der Waals surface area contributed by atoms with Gasteiger partial charge in [-0.25, -0.2) is 0 Å². The fourth-order valence-electron chi connectivity index (χ4n) is 8.77. The van der Waals surface area contributed by atoms with Gasteiger partial charge in [-0.2, -0.15) is 0 Å². The number of carbonyl (C=O) groups excluding carboxylic acids is 1. The Labute approximate surface area is 480 Å². The average Bonchev–Trinajstić information content (AvgIpc) is 3.55. The monoisotopic (exact) mass is 1140 g/mol. The summed E-state index contributed by atoms with van der Waals surface area (Å²) in [4.78, 5) is 13.3. The van der Waals surface area contributed by atoms with Crippen LogP contribution in [-0.2, 0) is 33.2 Å². The van der Waals surface area contributed by atoms with E-state index in [0.717, 1.165) is 83.5 Å². The topological polar surface area (TPSA) is 307 Å². The zero-order valence-corrected chi connectivity index (χ0v) is 47.4. The number of aliphatic hydroxyl groups is 11. The zero-order valence-electron chi connectivity index (χ0n) is 47.4. The van der Waals surface area contributed by atoms with Crippen molar-refractivity contribution in [2.75, 3.05) is 26.4 Å². The molecule has 17 unspecified atom stereocenters. The first-order chi connectivity index (χ1) is 39.3. The Morgan fingerprint density at radius 3 is 1.33 bits per heavy atom. The fourth-order valence-corrected chi connectivity index (χ4v) is 8.77. The van der Waals surface area contributed by atoms with Crippen LogP contribution in [0.4, 0.5) is 0 Å². The molecule has 0 spiro atoms. The molecule has 458 valence electrons. The molecule has 0 aromatic rings. The lowest BCUT2D eigenvalue weighted by atomic mass is 9.96. The maximum atomic E-state index is 13.3. The minimum atomic E-state index is -1.99. The Morgan fingerprint density at radius 2 is 0.864 bits per heavy atom. The van der Waals surface area contributed by atoms with Gasteiger partial charge in [0.1, 0.15) is 73.2 Å². The Balaban J connectivity index is 1.47. The van der Waals surface area contributed by atoms with Gasteiger partial charge in [0.15, 0.2) is 18.9 Å². The van der Waals surface area contributed by atoms with Crippen molar-refractivity contribution in [1.29, 1.82) is 0 Å². The number of amides is 1. The van der Waals surface area contributed by atoms with Gasteiger partial charge in [-0.05, 0) is 103 Å². The van der Waals surface area contributed by atoms with Crippen LogP contribution in [0.25, 0.3) is 0 Å². The number of rotatable bonds is 39. The number of aliphatic hydroxyl groups excluding tert-OH is 11. The summed E-state index contributed by atoms with van der Waals surface area (Å²) >= 11 is 0. The van der Waals surface area contributed by atoms with Crippen LogP contribution in [0.5, 0.6) is 0 Å². The minimum Gasteiger partial charge on any atom is -0.394 e. The second-order valence-electron chi connectivity index (χ2n) is 20.0. The second kappa shape index (κ2) is 43.6. The summed E-state index contributed by atoms with van der Waals surface area (Å²) in [6.07, 6.45) is 32.0. The van der Waals surface area contributed by atoms with Crippen LogP contribution in [0.3, 0.4) is 0 Å². The molecule has 19 heteroatoms. The van der Waals surface area contributed by atoms with E-state index in [0.29, 0.717) is 12.8 Å². The van der Waals surface area contributed by atoms with Gasteiger partial charge in [-0.3, -0.25) is 4.79 Å². The van der Waals surface area contributed by atoms with E-state index in [1.165, 1.54) is 0 Å². The molecular formula is C62H97NO18. The van der Waals surface area contributed by atoms with Crippen LogP contribution in [0.15, 0.2) is 134 Å². The van der Waals surface area contributed by atoms with Gasteiger partial charge in [0, 0.05) is 6.42 Å². The molecule has 1 amide bonds. The van der Waals surface area contributed by atoms with Crippen molar-refractivity contribution in [3.05, 3.63) is 134 Å². The molecule has 0 aromatic carbocycles. The van der Waals surface area contributed by atoms with E-state index in [-0.39, 0.29) is 12.3 Å². The molecule has 0 radical (unpaired) electrons. The number of nitrogens with one attached hydrogen (secondary N) is 1. The zero-order chi connectivity index (χ0) is 59.0. The quantitative estimate of drug-likeness (QED) is 0.0293. The van der Waals surface area contributed by atoms with E-state index in [1.54, 1.807) is 12.2 Å². The lowest BCUT2D eigenvalue weighted by Crippen LogP contribution is -2.66. The van der Waals surface area contributed by atoms with Gasteiger partial charge in [-0.1, -0.05) is 141 Å². The summed E-state index contributed by atoms with van der Waals surface area (Å²) in [5.74, 6) is -0.344. The number of hydrogen-bond donors (Lipinski definition) is 12. The predicted octanol–water partition coefficient (Wildman–Crippen LogP) is 4.70. The van der Waals surface area contributed by atoms with Gasteiger partial charge in [0.05, 0.1) is 38.6 Å². The number of hydrogen-bond acceptors (Lipinski definition) is 18. The normalized spacial score (nSPS) is 30.8. The average molecular weight is 1140 g/mol. The van der Waals surface area contributed by atoms with Gasteiger partial charge in [-0.15, -0.1) is 0 Å². The van der Waals surface area contributed by atoms with E-state index in [9.17, 15) is 61.0 Å².